The molecule has 0 spiro atoms. The minimum atomic E-state index is -0.976. The fraction of sp³-hybridized carbons (Fsp3) is 0.467. The maximum absolute atomic E-state index is 12.1. The first-order valence-corrected chi connectivity index (χ1v) is 7.32. The minimum Gasteiger partial charge on any atom is -0.481 e. The summed E-state index contributed by atoms with van der Waals surface area (Å²) in [5, 5.41) is 9.09. The summed E-state index contributed by atoms with van der Waals surface area (Å²) in [7, 11) is 1.54. The Morgan fingerprint density at radius 2 is 2.00 bits per heavy atom. The van der Waals surface area contributed by atoms with Crippen molar-refractivity contribution in [2.45, 2.75) is 38.8 Å². The lowest BCUT2D eigenvalue weighted by Gasteiger charge is -2.30. The van der Waals surface area contributed by atoms with Crippen LogP contribution in [-0.2, 0) is 9.53 Å². The van der Waals surface area contributed by atoms with Gasteiger partial charge >= 0.3 is 12.1 Å². The van der Waals surface area contributed by atoms with Crippen LogP contribution in [0.15, 0.2) is 28.7 Å². The van der Waals surface area contributed by atoms with Crippen LogP contribution in [0.5, 0.6) is 0 Å². The SMILES string of the molecule is CN(C(=O)OC(C)(C)C)[C@@H](CC(=O)O)c1cccc(Br)c1. The van der Waals surface area contributed by atoms with E-state index in [9.17, 15) is 9.59 Å². The quantitative estimate of drug-likeness (QED) is 0.888. The molecule has 21 heavy (non-hydrogen) atoms. The number of halogens is 1. The molecule has 0 aliphatic heterocycles. The van der Waals surface area contributed by atoms with E-state index in [0.717, 1.165) is 10.0 Å². The van der Waals surface area contributed by atoms with Crippen molar-refractivity contribution in [1.82, 2.24) is 4.90 Å². The van der Waals surface area contributed by atoms with Crippen LogP contribution < -0.4 is 0 Å². The molecular formula is C15H20BrNO4. The van der Waals surface area contributed by atoms with Crippen molar-refractivity contribution in [1.29, 1.82) is 0 Å². The van der Waals surface area contributed by atoms with Crippen LogP contribution in [0, 0.1) is 0 Å². The molecule has 0 fully saturated rings. The van der Waals surface area contributed by atoms with Crippen molar-refractivity contribution in [3.63, 3.8) is 0 Å². The summed E-state index contributed by atoms with van der Waals surface area (Å²) in [5.74, 6) is -0.976. The minimum absolute atomic E-state index is 0.188. The van der Waals surface area contributed by atoms with E-state index in [1.165, 1.54) is 4.90 Å². The Hall–Kier alpha value is -1.56. The number of carbonyl (C=O) groups is 2. The number of hydrogen-bond acceptors (Lipinski definition) is 3. The van der Waals surface area contributed by atoms with Gasteiger partial charge in [-0.05, 0) is 38.5 Å². The van der Waals surface area contributed by atoms with E-state index < -0.39 is 23.7 Å². The van der Waals surface area contributed by atoms with Gasteiger partial charge in [0.2, 0.25) is 0 Å². The lowest BCUT2D eigenvalue weighted by Crippen LogP contribution is -2.37. The highest BCUT2D eigenvalue weighted by Crippen LogP contribution is 2.27. The topological polar surface area (TPSA) is 66.8 Å². The second-order valence-corrected chi connectivity index (χ2v) is 6.68. The number of carboxylic acids is 1. The van der Waals surface area contributed by atoms with Crippen LogP contribution in [0.2, 0.25) is 0 Å². The van der Waals surface area contributed by atoms with Gasteiger partial charge in [0.05, 0.1) is 12.5 Å². The van der Waals surface area contributed by atoms with E-state index in [1.807, 2.05) is 6.07 Å². The molecule has 5 nitrogen and oxygen atoms in total. The van der Waals surface area contributed by atoms with Crippen molar-refractivity contribution in [3.05, 3.63) is 34.3 Å². The van der Waals surface area contributed by atoms with Crippen molar-refractivity contribution in [3.8, 4) is 0 Å². The number of ether oxygens (including phenoxy) is 1. The van der Waals surface area contributed by atoms with Gasteiger partial charge in [0.15, 0.2) is 0 Å². The number of nitrogens with zero attached hydrogens (tertiary/aromatic N) is 1. The number of hydrogen-bond donors (Lipinski definition) is 1. The van der Waals surface area contributed by atoms with E-state index in [-0.39, 0.29) is 6.42 Å². The second kappa shape index (κ2) is 6.93. The maximum Gasteiger partial charge on any atom is 0.410 e. The third kappa shape index (κ3) is 5.75. The second-order valence-electron chi connectivity index (χ2n) is 5.76. The lowest BCUT2D eigenvalue weighted by molar-refractivity contribution is -0.138. The van der Waals surface area contributed by atoms with Gasteiger partial charge in [0, 0.05) is 11.5 Å². The van der Waals surface area contributed by atoms with E-state index in [2.05, 4.69) is 15.9 Å². The normalized spacial score (nSPS) is 12.6. The molecule has 0 radical (unpaired) electrons. The molecule has 1 aromatic rings. The molecule has 1 amide bonds. The molecule has 116 valence electrons. The van der Waals surface area contributed by atoms with Gasteiger partial charge in [-0.2, -0.15) is 0 Å². The first kappa shape index (κ1) is 17.5. The number of carboxylic acid groups (broad SMARTS) is 1. The molecule has 1 atom stereocenters. The Balaban J connectivity index is 3.02. The summed E-state index contributed by atoms with van der Waals surface area (Å²) >= 11 is 3.35. The zero-order chi connectivity index (χ0) is 16.2. The molecule has 1 N–H and O–H groups in total. The molecular weight excluding hydrogens is 338 g/mol. The van der Waals surface area contributed by atoms with E-state index in [4.69, 9.17) is 9.84 Å². The molecule has 0 aliphatic rings. The number of benzene rings is 1. The molecule has 0 aliphatic carbocycles. The number of rotatable bonds is 4. The average molecular weight is 358 g/mol. The average Bonchev–Trinajstić information content (AvgIpc) is 2.32. The third-order valence-electron chi connectivity index (χ3n) is 2.75. The molecule has 0 bridgehead atoms. The van der Waals surface area contributed by atoms with Crippen LogP contribution in [0.1, 0.15) is 38.8 Å². The monoisotopic (exact) mass is 357 g/mol. The molecule has 1 rings (SSSR count). The largest absolute Gasteiger partial charge is 0.481 e. The van der Waals surface area contributed by atoms with Gasteiger partial charge in [-0.15, -0.1) is 0 Å². The zero-order valence-electron chi connectivity index (χ0n) is 12.6. The fourth-order valence-electron chi connectivity index (χ4n) is 1.82. The highest BCUT2D eigenvalue weighted by molar-refractivity contribution is 9.10. The first-order chi connectivity index (χ1) is 9.60. The van der Waals surface area contributed by atoms with Crippen LogP contribution in [-0.4, -0.2) is 34.7 Å². The lowest BCUT2D eigenvalue weighted by atomic mass is 10.0. The first-order valence-electron chi connectivity index (χ1n) is 6.53. The summed E-state index contributed by atoms with van der Waals surface area (Å²) < 4.78 is 6.12. The van der Waals surface area contributed by atoms with Crippen molar-refractivity contribution in [2.75, 3.05) is 7.05 Å². The Kier molecular flexibility index (Phi) is 5.78. The standard InChI is InChI=1S/C15H20BrNO4/c1-15(2,3)21-14(20)17(4)12(9-13(18)19)10-6-5-7-11(16)8-10/h5-8,12H,9H2,1-4H3,(H,18,19)/t12-/m0/s1. The van der Waals surface area contributed by atoms with E-state index in [0.29, 0.717) is 0 Å². The van der Waals surface area contributed by atoms with E-state index >= 15 is 0 Å². The van der Waals surface area contributed by atoms with Gasteiger partial charge in [-0.25, -0.2) is 4.79 Å². The number of aliphatic carboxylic acids is 1. The highest BCUT2D eigenvalue weighted by Gasteiger charge is 2.28. The summed E-state index contributed by atoms with van der Waals surface area (Å²) in [6, 6.07) is 6.65. The summed E-state index contributed by atoms with van der Waals surface area (Å²) in [6.07, 6.45) is -0.736. The predicted molar refractivity (Wildman–Crippen MR) is 83.1 cm³/mol. The molecule has 1 aromatic carbocycles. The van der Waals surface area contributed by atoms with Crippen LogP contribution >= 0.6 is 15.9 Å². The smallest absolute Gasteiger partial charge is 0.410 e. The van der Waals surface area contributed by atoms with Crippen molar-refractivity contribution < 1.29 is 19.4 Å². The molecule has 6 heteroatoms. The molecule has 0 saturated heterocycles. The fourth-order valence-corrected chi connectivity index (χ4v) is 2.24. The van der Waals surface area contributed by atoms with Gasteiger partial charge in [0.1, 0.15) is 5.60 Å². The molecule has 0 saturated carbocycles. The van der Waals surface area contributed by atoms with Crippen molar-refractivity contribution in [2.24, 2.45) is 0 Å². The molecule has 0 unspecified atom stereocenters. The number of amides is 1. The predicted octanol–water partition coefficient (Wildman–Crippen LogP) is 3.83. The van der Waals surface area contributed by atoms with Gasteiger partial charge < -0.3 is 14.7 Å². The van der Waals surface area contributed by atoms with Gasteiger partial charge in [0.25, 0.3) is 0 Å². The highest BCUT2D eigenvalue weighted by atomic mass is 79.9. The molecule has 0 heterocycles. The van der Waals surface area contributed by atoms with Gasteiger partial charge in [-0.3, -0.25) is 4.79 Å². The maximum atomic E-state index is 12.1. The Labute approximate surface area is 133 Å². The van der Waals surface area contributed by atoms with Crippen molar-refractivity contribution >= 4 is 28.0 Å². The van der Waals surface area contributed by atoms with Gasteiger partial charge in [-0.1, -0.05) is 28.1 Å². The Morgan fingerprint density at radius 3 is 2.48 bits per heavy atom. The third-order valence-corrected chi connectivity index (χ3v) is 3.24. The van der Waals surface area contributed by atoms with Crippen LogP contribution in [0.25, 0.3) is 0 Å². The summed E-state index contributed by atoms with van der Waals surface area (Å²) in [5.41, 5.74) is 0.108. The summed E-state index contributed by atoms with van der Waals surface area (Å²) in [6.45, 7) is 5.30. The molecule has 0 aromatic heterocycles. The Bertz CT molecular complexity index is 525. The van der Waals surface area contributed by atoms with E-state index in [1.54, 1.807) is 46.0 Å². The van der Waals surface area contributed by atoms with Crippen LogP contribution in [0.4, 0.5) is 4.79 Å². The van der Waals surface area contributed by atoms with Crippen LogP contribution in [0.3, 0.4) is 0 Å². The number of carbonyl (C=O) groups excluding carboxylic acids is 1. The summed E-state index contributed by atoms with van der Waals surface area (Å²) in [4.78, 5) is 24.5. The Morgan fingerprint density at radius 1 is 1.38 bits per heavy atom. The zero-order valence-corrected chi connectivity index (χ0v) is 14.2.